The SMILES string of the molecule is Cc1cc(OCCCO)c(C)cc1N. The second-order valence-electron chi connectivity index (χ2n) is 3.40. The summed E-state index contributed by atoms with van der Waals surface area (Å²) in [6.45, 7) is 4.62. The summed E-state index contributed by atoms with van der Waals surface area (Å²) in [7, 11) is 0. The van der Waals surface area contributed by atoms with Gasteiger partial charge in [-0.25, -0.2) is 0 Å². The number of hydrogen-bond donors (Lipinski definition) is 2. The molecule has 0 fully saturated rings. The smallest absolute Gasteiger partial charge is 0.122 e. The van der Waals surface area contributed by atoms with Gasteiger partial charge < -0.3 is 15.6 Å². The Morgan fingerprint density at radius 1 is 1.29 bits per heavy atom. The Hall–Kier alpha value is -1.22. The van der Waals surface area contributed by atoms with E-state index in [-0.39, 0.29) is 6.61 Å². The van der Waals surface area contributed by atoms with Crippen LogP contribution in [0.3, 0.4) is 0 Å². The van der Waals surface area contributed by atoms with Crippen LogP contribution in [0, 0.1) is 13.8 Å². The molecule has 1 aromatic rings. The number of hydrogen-bond acceptors (Lipinski definition) is 3. The lowest BCUT2D eigenvalue weighted by Crippen LogP contribution is -2.02. The maximum absolute atomic E-state index is 8.61. The number of benzene rings is 1. The summed E-state index contributed by atoms with van der Waals surface area (Å²) in [5, 5.41) is 8.61. The Bertz CT molecular complexity index is 310. The van der Waals surface area contributed by atoms with Crippen LogP contribution in [0.5, 0.6) is 5.75 Å². The van der Waals surface area contributed by atoms with Crippen LogP contribution in [0.2, 0.25) is 0 Å². The molecule has 0 aromatic heterocycles. The zero-order chi connectivity index (χ0) is 10.6. The molecule has 0 saturated carbocycles. The molecular weight excluding hydrogens is 178 g/mol. The molecule has 14 heavy (non-hydrogen) atoms. The van der Waals surface area contributed by atoms with E-state index in [1.807, 2.05) is 26.0 Å². The van der Waals surface area contributed by atoms with E-state index in [1.165, 1.54) is 0 Å². The van der Waals surface area contributed by atoms with E-state index < -0.39 is 0 Å². The zero-order valence-corrected chi connectivity index (χ0v) is 8.71. The molecule has 0 amide bonds. The van der Waals surface area contributed by atoms with Gasteiger partial charge in [-0.1, -0.05) is 0 Å². The average Bonchev–Trinajstić information content (AvgIpc) is 2.14. The van der Waals surface area contributed by atoms with Gasteiger partial charge in [-0.05, 0) is 37.1 Å². The molecule has 0 aliphatic heterocycles. The minimum Gasteiger partial charge on any atom is -0.493 e. The fourth-order valence-corrected chi connectivity index (χ4v) is 1.21. The highest BCUT2D eigenvalue weighted by Gasteiger charge is 2.02. The second kappa shape index (κ2) is 4.86. The number of ether oxygens (including phenoxy) is 1. The average molecular weight is 195 g/mol. The normalized spacial score (nSPS) is 10.2. The van der Waals surface area contributed by atoms with Gasteiger partial charge in [-0.2, -0.15) is 0 Å². The minimum atomic E-state index is 0.160. The number of rotatable bonds is 4. The summed E-state index contributed by atoms with van der Waals surface area (Å²) in [5.41, 5.74) is 8.59. The van der Waals surface area contributed by atoms with Crippen LogP contribution >= 0.6 is 0 Å². The molecule has 78 valence electrons. The number of aliphatic hydroxyl groups excluding tert-OH is 1. The van der Waals surface area contributed by atoms with E-state index in [9.17, 15) is 0 Å². The van der Waals surface area contributed by atoms with Crippen molar-refractivity contribution >= 4 is 5.69 Å². The standard InChI is InChI=1S/C11H17NO2/c1-8-7-11(14-5-3-4-13)9(2)6-10(8)12/h6-7,13H,3-5,12H2,1-2H3. The lowest BCUT2D eigenvalue weighted by Gasteiger charge is -2.10. The van der Waals surface area contributed by atoms with E-state index >= 15 is 0 Å². The third-order valence-electron chi connectivity index (χ3n) is 2.12. The van der Waals surface area contributed by atoms with E-state index in [0.29, 0.717) is 13.0 Å². The maximum atomic E-state index is 8.61. The first-order valence-corrected chi connectivity index (χ1v) is 4.75. The van der Waals surface area contributed by atoms with Crippen molar-refractivity contribution in [1.29, 1.82) is 0 Å². The van der Waals surface area contributed by atoms with Crippen LogP contribution in [-0.2, 0) is 0 Å². The van der Waals surface area contributed by atoms with Gasteiger partial charge in [-0.3, -0.25) is 0 Å². The van der Waals surface area contributed by atoms with E-state index in [0.717, 1.165) is 22.6 Å². The quantitative estimate of drug-likeness (QED) is 0.567. The molecule has 0 unspecified atom stereocenters. The molecule has 3 heteroatoms. The van der Waals surface area contributed by atoms with Crippen molar-refractivity contribution in [2.24, 2.45) is 0 Å². The fourth-order valence-electron chi connectivity index (χ4n) is 1.21. The van der Waals surface area contributed by atoms with Crippen molar-refractivity contribution < 1.29 is 9.84 Å². The molecule has 1 aromatic carbocycles. The fraction of sp³-hybridized carbons (Fsp3) is 0.455. The van der Waals surface area contributed by atoms with Gasteiger partial charge in [0.15, 0.2) is 0 Å². The summed E-state index contributed by atoms with van der Waals surface area (Å²) in [5.74, 6) is 0.852. The first-order valence-electron chi connectivity index (χ1n) is 4.75. The summed E-state index contributed by atoms with van der Waals surface area (Å²) < 4.78 is 5.50. The molecule has 0 aliphatic carbocycles. The first kappa shape index (κ1) is 10.9. The van der Waals surface area contributed by atoms with Gasteiger partial charge in [0.1, 0.15) is 5.75 Å². The molecule has 1 rings (SSSR count). The van der Waals surface area contributed by atoms with Crippen molar-refractivity contribution in [3.63, 3.8) is 0 Å². The number of nitrogen functional groups attached to an aromatic ring is 1. The van der Waals surface area contributed by atoms with Crippen LogP contribution in [-0.4, -0.2) is 18.3 Å². The first-order chi connectivity index (χ1) is 6.65. The van der Waals surface area contributed by atoms with Gasteiger partial charge in [0.05, 0.1) is 6.61 Å². The van der Waals surface area contributed by atoms with Crippen LogP contribution in [0.25, 0.3) is 0 Å². The van der Waals surface area contributed by atoms with Gasteiger partial charge in [0.2, 0.25) is 0 Å². The molecular formula is C11H17NO2. The number of anilines is 1. The van der Waals surface area contributed by atoms with Crippen molar-refractivity contribution in [2.75, 3.05) is 18.9 Å². The summed E-state index contributed by atoms with van der Waals surface area (Å²) in [4.78, 5) is 0. The summed E-state index contributed by atoms with van der Waals surface area (Å²) >= 11 is 0. The van der Waals surface area contributed by atoms with Crippen molar-refractivity contribution in [2.45, 2.75) is 20.3 Å². The Kier molecular flexibility index (Phi) is 3.77. The lowest BCUT2D eigenvalue weighted by molar-refractivity contribution is 0.233. The van der Waals surface area contributed by atoms with Gasteiger partial charge in [-0.15, -0.1) is 0 Å². The topological polar surface area (TPSA) is 55.5 Å². The lowest BCUT2D eigenvalue weighted by atomic mass is 10.1. The maximum Gasteiger partial charge on any atom is 0.122 e. The van der Waals surface area contributed by atoms with Crippen molar-refractivity contribution in [3.05, 3.63) is 23.3 Å². The van der Waals surface area contributed by atoms with Crippen LogP contribution in [0.15, 0.2) is 12.1 Å². The molecule has 3 nitrogen and oxygen atoms in total. The molecule has 0 heterocycles. The van der Waals surface area contributed by atoms with Crippen LogP contribution < -0.4 is 10.5 Å². The number of aryl methyl sites for hydroxylation is 2. The number of aliphatic hydroxyl groups is 1. The van der Waals surface area contributed by atoms with Crippen LogP contribution in [0.1, 0.15) is 17.5 Å². The third kappa shape index (κ3) is 2.64. The van der Waals surface area contributed by atoms with Crippen LogP contribution in [0.4, 0.5) is 5.69 Å². The molecule has 0 atom stereocenters. The van der Waals surface area contributed by atoms with E-state index in [4.69, 9.17) is 15.6 Å². The summed E-state index contributed by atoms with van der Waals surface area (Å²) in [6.07, 6.45) is 0.656. The minimum absolute atomic E-state index is 0.160. The molecule has 0 saturated heterocycles. The van der Waals surface area contributed by atoms with E-state index in [1.54, 1.807) is 0 Å². The van der Waals surface area contributed by atoms with Gasteiger partial charge in [0, 0.05) is 18.7 Å². The molecule has 0 spiro atoms. The third-order valence-corrected chi connectivity index (χ3v) is 2.12. The van der Waals surface area contributed by atoms with Crippen molar-refractivity contribution in [1.82, 2.24) is 0 Å². The predicted molar refractivity (Wildman–Crippen MR) is 57.5 cm³/mol. The highest BCUT2D eigenvalue weighted by molar-refractivity contribution is 5.53. The Morgan fingerprint density at radius 2 is 2.00 bits per heavy atom. The Labute approximate surface area is 84.5 Å². The monoisotopic (exact) mass is 195 g/mol. The van der Waals surface area contributed by atoms with Gasteiger partial charge >= 0.3 is 0 Å². The highest BCUT2D eigenvalue weighted by Crippen LogP contribution is 2.24. The highest BCUT2D eigenvalue weighted by atomic mass is 16.5. The molecule has 3 N–H and O–H groups in total. The molecule has 0 aliphatic rings. The molecule has 0 radical (unpaired) electrons. The van der Waals surface area contributed by atoms with Crippen molar-refractivity contribution in [3.8, 4) is 5.75 Å². The zero-order valence-electron chi connectivity index (χ0n) is 8.71. The van der Waals surface area contributed by atoms with Gasteiger partial charge in [0.25, 0.3) is 0 Å². The predicted octanol–water partition coefficient (Wildman–Crippen LogP) is 1.65. The Balaban J connectivity index is 2.72. The molecule has 0 bridgehead atoms. The largest absolute Gasteiger partial charge is 0.493 e. The second-order valence-corrected chi connectivity index (χ2v) is 3.40. The number of nitrogens with two attached hydrogens (primary N) is 1. The Morgan fingerprint density at radius 3 is 2.64 bits per heavy atom. The summed E-state index contributed by atoms with van der Waals surface area (Å²) in [6, 6.07) is 3.84. The van der Waals surface area contributed by atoms with E-state index in [2.05, 4.69) is 0 Å².